The maximum atomic E-state index is 2.58. The molecule has 0 N–H and O–H groups in total. The Morgan fingerprint density at radius 3 is 1.96 bits per heavy atom. The van der Waals surface area contributed by atoms with E-state index in [0.29, 0.717) is 0 Å². The SMILES string of the molecule is c1ccc2c(c1)-c1c(N(c3ccc(-c4ccc5c(c4)sc4ccccc45)cc3)c3cccc4ccccc34)cccc1C21C2CC3CC(C2)CC1C3. The number of hydrogen-bond donors (Lipinski definition) is 0. The third-order valence-electron chi connectivity index (χ3n) is 13.6. The molecular weight excluding hydrogens is 647 g/mol. The van der Waals surface area contributed by atoms with Crippen molar-refractivity contribution in [2.24, 2.45) is 23.7 Å². The molecule has 1 spiro atoms. The average Bonchev–Trinajstić information content (AvgIpc) is 3.71. The fourth-order valence-corrected chi connectivity index (χ4v) is 13.0. The Bertz CT molecular complexity index is 2680. The third kappa shape index (κ3) is 3.99. The van der Waals surface area contributed by atoms with Crippen molar-refractivity contribution < 1.29 is 0 Å². The fraction of sp³-hybridized carbons (Fsp3) is 0.200. The van der Waals surface area contributed by atoms with Gasteiger partial charge in [0.2, 0.25) is 0 Å². The number of thiophene rings is 1. The first-order chi connectivity index (χ1) is 25.7. The zero-order valence-corrected chi connectivity index (χ0v) is 30.0. The molecule has 5 aliphatic rings. The van der Waals surface area contributed by atoms with E-state index in [9.17, 15) is 0 Å². The monoisotopic (exact) mass is 685 g/mol. The summed E-state index contributed by atoms with van der Waals surface area (Å²) in [6.07, 6.45) is 7.06. The van der Waals surface area contributed by atoms with Crippen LogP contribution in [-0.2, 0) is 5.41 Å². The molecule has 13 rings (SSSR count). The molecular formula is C50H39NS. The third-order valence-corrected chi connectivity index (χ3v) is 14.8. The topological polar surface area (TPSA) is 3.24 Å². The molecule has 2 heteroatoms. The lowest BCUT2D eigenvalue weighted by atomic mass is 9.43. The van der Waals surface area contributed by atoms with Crippen molar-refractivity contribution in [3.63, 3.8) is 0 Å². The number of fused-ring (bicyclic) bond motifs is 7. The molecule has 0 saturated heterocycles. The second-order valence-corrected chi connectivity index (χ2v) is 17.2. The second-order valence-electron chi connectivity index (χ2n) is 16.1. The van der Waals surface area contributed by atoms with E-state index in [1.807, 2.05) is 11.3 Å². The van der Waals surface area contributed by atoms with Crippen molar-refractivity contribution in [3.05, 3.63) is 163 Å². The molecule has 4 fully saturated rings. The van der Waals surface area contributed by atoms with E-state index in [1.54, 1.807) is 11.1 Å². The predicted octanol–water partition coefficient (Wildman–Crippen LogP) is 14.1. The Hall–Kier alpha value is -5.18. The van der Waals surface area contributed by atoms with Crippen LogP contribution < -0.4 is 4.90 Å². The van der Waals surface area contributed by atoms with E-state index < -0.39 is 0 Å². The molecule has 0 atom stereocenters. The highest BCUT2D eigenvalue weighted by atomic mass is 32.1. The van der Waals surface area contributed by atoms with E-state index >= 15 is 0 Å². The molecule has 250 valence electrons. The minimum absolute atomic E-state index is 0.134. The second kappa shape index (κ2) is 10.9. The molecule has 52 heavy (non-hydrogen) atoms. The van der Waals surface area contributed by atoms with Crippen molar-refractivity contribution in [2.75, 3.05) is 4.90 Å². The normalized spacial score (nSPS) is 23.8. The average molecular weight is 686 g/mol. The summed E-state index contributed by atoms with van der Waals surface area (Å²) >= 11 is 1.89. The molecule has 1 nitrogen and oxygen atoms in total. The van der Waals surface area contributed by atoms with Gasteiger partial charge in [0.25, 0.3) is 0 Å². The number of nitrogens with zero attached hydrogens (tertiary/aromatic N) is 1. The van der Waals surface area contributed by atoms with Crippen LogP contribution in [0.2, 0.25) is 0 Å². The maximum absolute atomic E-state index is 2.58. The first-order valence-corrected chi connectivity index (χ1v) is 20.1. The summed E-state index contributed by atoms with van der Waals surface area (Å²) in [5.74, 6) is 3.34. The van der Waals surface area contributed by atoms with E-state index in [0.717, 1.165) is 23.7 Å². The summed E-state index contributed by atoms with van der Waals surface area (Å²) in [5, 5.41) is 5.24. The Morgan fingerprint density at radius 2 is 1.12 bits per heavy atom. The van der Waals surface area contributed by atoms with Crippen LogP contribution in [0, 0.1) is 23.7 Å². The van der Waals surface area contributed by atoms with Crippen molar-refractivity contribution in [1.29, 1.82) is 0 Å². The highest BCUT2D eigenvalue weighted by molar-refractivity contribution is 7.25. The van der Waals surface area contributed by atoms with Crippen molar-refractivity contribution in [2.45, 2.75) is 37.5 Å². The molecule has 1 aromatic heterocycles. The maximum Gasteiger partial charge on any atom is 0.0543 e. The molecule has 0 amide bonds. The Kier molecular flexibility index (Phi) is 6.17. The van der Waals surface area contributed by atoms with Crippen LogP contribution >= 0.6 is 11.3 Å². The summed E-state index contributed by atoms with van der Waals surface area (Å²) in [6.45, 7) is 0. The van der Waals surface area contributed by atoms with Gasteiger partial charge in [-0.05, 0) is 125 Å². The van der Waals surface area contributed by atoms with Crippen molar-refractivity contribution in [1.82, 2.24) is 0 Å². The minimum atomic E-state index is 0.134. The summed E-state index contributed by atoms with van der Waals surface area (Å²) in [7, 11) is 0. The van der Waals surface area contributed by atoms with Crippen molar-refractivity contribution in [3.8, 4) is 22.3 Å². The molecule has 4 bridgehead atoms. The van der Waals surface area contributed by atoms with Crippen LogP contribution in [0.25, 0.3) is 53.2 Å². The lowest BCUT2D eigenvalue weighted by Gasteiger charge is -2.61. The molecule has 0 unspecified atom stereocenters. The molecule has 8 aromatic rings. The summed E-state index contributed by atoms with van der Waals surface area (Å²) in [4.78, 5) is 2.58. The van der Waals surface area contributed by atoms with Gasteiger partial charge in [0, 0.05) is 42.2 Å². The Labute approximate surface area is 309 Å². The number of benzene rings is 7. The zero-order chi connectivity index (χ0) is 34.0. The van der Waals surface area contributed by atoms with Crippen LogP contribution in [-0.4, -0.2) is 0 Å². The van der Waals surface area contributed by atoms with Gasteiger partial charge in [-0.15, -0.1) is 11.3 Å². The van der Waals surface area contributed by atoms with Gasteiger partial charge in [0.05, 0.1) is 11.4 Å². The van der Waals surface area contributed by atoms with Crippen LogP contribution in [0.1, 0.15) is 43.2 Å². The summed E-state index contributed by atoms with van der Waals surface area (Å²) in [5.41, 5.74) is 12.5. The van der Waals surface area contributed by atoms with Gasteiger partial charge in [0.15, 0.2) is 0 Å². The molecule has 1 heterocycles. The predicted molar refractivity (Wildman–Crippen MR) is 220 cm³/mol. The van der Waals surface area contributed by atoms with Gasteiger partial charge in [-0.3, -0.25) is 0 Å². The van der Waals surface area contributed by atoms with Gasteiger partial charge in [-0.2, -0.15) is 0 Å². The fourth-order valence-electron chi connectivity index (χ4n) is 11.9. The van der Waals surface area contributed by atoms with Crippen LogP contribution in [0.4, 0.5) is 17.1 Å². The van der Waals surface area contributed by atoms with Crippen LogP contribution in [0.15, 0.2) is 152 Å². The summed E-state index contributed by atoms with van der Waals surface area (Å²) < 4.78 is 2.69. The largest absolute Gasteiger partial charge is 0.309 e. The number of hydrogen-bond acceptors (Lipinski definition) is 2. The molecule has 0 radical (unpaired) electrons. The van der Waals surface area contributed by atoms with Crippen molar-refractivity contribution >= 4 is 59.3 Å². The number of rotatable bonds is 4. The highest BCUT2D eigenvalue weighted by Crippen LogP contribution is 2.70. The van der Waals surface area contributed by atoms with Gasteiger partial charge in [-0.1, -0.05) is 115 Å². The van der Waals surface area contributed by atoms with E-state index in [-0.39, 0.29) is 5.41 Å². The molecule has 7 aromatic carbocycles. The standard InChI is InChI=1S/C50H39NS/c1-2-11-39-34(9-1)10-7-16-45(39)51(38-22-19-33(20-23-38)35-21-24-41-40-12-4-6-18-47(40)52-48(41)30-35)46-17-8-15-44-49(46)42-13-3-5-14-43(42)50(44)36-26-31-25-32(28-36)29-37(50)27-31/h1-24,30-32,36-37H,25-29H2. The molecule has 4 saturated carbocycles. The lowest BCUT2D eigenvalue weighted by Crippen LogP contribution is -2.55. The first kappa shape index (κ1) is 29.4. The van der Waals surface area contributed by atoms with Gasteiger partial charge < -0.3 is 4.90 Å². The van der Waals surface area contributed by atoms with E-state index in [1.165, 1.54) is 102 Å². The smallest absolute Gasteiger partial charge is 0.0543 e. The molecule has 0 aliphatic heterocycles. The van der Waals surface area contributed by atoms with E-state index in [2.05, 4.69) is 157 Å². The van der Waals surface area contributed by atoms with Gasteiger partial charge >= 0.3 is 0 Å². The Morgan fingerprint density at radius 1 is 0.481 bits per heavy atom. The Balaban J connectivity index is 1.05. The molecule has 5 aliphatic carbocycles. The van der Waals surface area contributed by atoms with Gasteiger partial charge in [-0.25, -0.2) is 0 Å². The first-order valence-electron chi connectivity index (χ1n) is 19.3. The van der Waals surface area contributed by atoms with Crippen LogP contribution in [0.5, 0.6) is 0 Å². The quantitative estimate of drug-likeness (QED) is 0.178. The number of anilines is 3. The van der Waals surface area contributed by atoms with E-state index in [4.69, 9.17) is 0 Å². The minimum Gasteiger partial charge on any atom is -0.309 e. The zero-order valence-electron chi connectivity index (χ0n) is 29.1. The highest BCUT2D eigenvalue weighted by Gasteiger charge is 2.61. The summed E-state index contributed by atoms with van der Waals surface area (Å²) in [6, 6.07) is 57.6. The van der Waals surface area contributed by atoms with Gasteiger partial charge in [0.1, 0.15) is 0 Å². The lowest BCUT2D eigenvalue weighted by molar-refractivity contribution is -0.0399. The van der Waals surface area contributed by atoms with Crippen LogP contribution in [0.3, 0.4) is 0 Å².